The van der Waals surface area contributed by atoms with E-state index in [0.29, 0.717) is 13.1 Å². The van der Waals surface area contributed by atoms with Crippen LogP contribution in [0, 0.1) is 19.7 Å². The Morgan fingerprint density at radius 2 is 2.26 bits per heavy atom. The summed E-state index contributed by atoms with van der Waals surface area (Å²) in [6.07, 6.45) is 0.990. The van der Waals surface area contributed by atoms with E-state index >= 15 is 0 Å². The second-order valence-corrected chi connectivity index (χ2v) is 6.99. The molecular formula is C17H22FN3OS. The predicted molar refractivity (Wildman–Crippen MR) is 90.1 cm³/mol. The number of nitrogens with one attached hydrogen (secondary N) is 1. The number of rotatable bonds is 5. The largest absolute Gasteiger partial charge is 0.394 e. The fourth-order valence-electron chi connectivity index (χ4n) is 3.10. The van der Waals surface area contributed by atoms with E-state index in [9.17, 15) is 4.39 Å². The van der Waals surface area contributed by atoms with E-state index in [2.05, 4.69) is 10.4 Å². The molecule has 0 saturated carbocycles. The molecule has 0 amide bonds. The maximum absolute atomic E-state index is 13.6. The Morgan fingerprint density at radius 1 is 1.43 bits per heavy atom. The number of nitrogens with zero attached hydrogens (tertiary/aromatic N) is 2. The molecule has 2 N–H and O–H groups in total. The highest BCUT2D eigenvalue weighted by molar-refractivity contribution is 7.99. The van der Waals surface area contributed by atoms with Crippen molar-refractivity contribution in [3.63, 3.8) is 0 Å². The van der Waals surface area contributed by atoms with Crippen LogP contribution < -0.4 is 5.32 Å². The lowest BCUT2D eigenvalue weighted by molar-refractivity contribution is 0.267. The monoisotopic (exact) mass is 335 g/mol. The van der Waals surface area contributed by atoms with Crippen molar-refractivity contribution >= 4 is 11.8 Å². The molecule has 0 bridgehead atoms. The average molecular weight is 335 g/mol. The lowest BCUT2D eigenvalue weighted by atomic mass is 10.0. The number of aryl methyl sites for hydroxylation is 1. The Balaban J connectivity index is 1.76. The molecule has 4 nitrogen and oxygen atoms in total. The lowest BCUT2D eigenvalue weighted by Gasteiger charge is -2.26. The topological polar surface area (TPSA) is 50.1 Å². The van der Waals surface area contributed by atoms with Gasteiger partial charge in [-0.25, -0.2) is 4.39 Å². The van der Waals surface area contributed by atoms with Crippen LogP contribution in [-0.4, -0.2) is 27.2 Å². The van der Waals surface area contributed by atoms with Gasteiger partial charge in [0.2, 0.25) is 0 Å². The van der Waals surface area contributed by atoms with Crippen LogP contribution in [0.4, 0.5) is 4.39 Å². The zero-order chi connectivity index (χ0) is 16.4. The van der Waals surface area contributed by atoms with Crippen LogP contribution >= 0.6 is 11.8 Å². The van der Waals surface area contributed by atoms with Gasteiger partial charge in [0.05, 0.1) is 18.8 Å². The molecule has 1 aliphatic rings. The van der Waals surface area contributed by atoms with E-state index in [1.165, 1.54) is 11.0 Å². The number of halogens is 1. The summed E-state index contributed by atoms with van der Waals surface area (Å²) in [5.41, 5.74) is 4.27. The zero-order valence-electron chi connectivity index (χ0n) is 13.5. The number of fused-ring (bicyclic) bond motifs is 1. The van der Waals surface area contributed by atoms with E-state index in [1.807, 2.05) is 24.6 Å². The van der Waals surface area contributed by atoms with Crippen LogP contribution in [-0.2, 0) is 13.1 Å². The first-order chi connectivity index (χ1) is 11.1. The van der Waals surface area contributed by atoms with Crippen molar-refractivity contribution in [2.24, 2.45) is 0 Å². The Labute approximate surface area is 140 Å². The summed E-state index contributed by atoms with van der Waals surface area (Å²) in [5, 5.41) is 17.1. The Morgan fingerprint density at radius 3 is 3.04 bits per heavy atom. The Hall–Kier alpha value is -1.37. The van der Waals surface area contributed by atoms with Crippen molar-refractivity contribution < 1.29 is 9.50 Å². The van der Waals surface area contributed by atoms with Crippen LogP contribution in [0.2, 0.25) is 0 Å². The molecule has 1 aromatic heterocycles. The van der Waals surface area contributed by atoms with Gasteiger partial charge >= 0.3 is 0 Å². The van der Waals surface area contributed by atoms with Crippen molar-refractivity contribution in [3.8, 4) is 0 Å². The van der Waals surface area contributed by atoms with Crippen LogP contribution in [0.1, 0.15) is 35.0 Å². The molecule has 1 aromatic carbocycles. The lowest BCUT2D eigenvalue weighted by Crippen LogP contribution is -2.25. The van der Waals surface area contributed by atoms with Crippen molar-refractivity contribution in [1.29, 1.82) is 0 Å². The smallest absolute Gasteiger partial charge is 0.123 e. The molecule has 0 spiro atoms. The molecule has 0 aliphatic carbocycles. The first-order valence-electron chi connectivity index (χ1n) is 7.89. The fraction of sp³-hybridized carbons (Fsp3) is 0.471. The maximum Gasteiger partial charge on any atom is 0.123 e. The summed E-state index contributed by atoms with van der Waals surface area (Å²) in [5.74, 6) is 0.860. The minimum atomic E-state index is -0.179. The van der Waals surface area contributed by atoms with E-state index in [1.54, 1.807) is 17.8 Å². The van der Waals surface area contributed by atoms with Gasteiger partial charge in [-0.3, -0.25) is 4.68 Å². The minimum absolute atomic E-state index is 0.0847. The molecule has 3 rings (SSSR count). The highest BCUT2D eigenvalue weighted by atomic mass is 32.2. The Bertz CT molecular complexity index is 701. The van der Waals surface area contributed by atoms with E-state index in [4.69, 9.17) is 5.11 Å². The summed E-state index contributed by atoms with van der Waals surface area (Å²) in [6, 6.07) is 5.22. The van der Waals surface area contributed by atoms with Crippen LogP contribution in [0.25, 0.3) is 0 Å². The zero-order valence-corrected chi connectivity index (χ0v) is 14.3. The summed E-state index contributed by atoms with van der Waals surface area (Å²) in [7, 11) is 0. The standard InChI is InChI=1S/C17H22FN3OS/c1-11-15(12(2)21(20-11)6-7-22)10-19-16-5-8-23-17-4-3-13(18)9-14(16)17/h3-4,9,16,19,22H,5-8,10H2,1-2H3/t16-/m0/s1. The number of benzene rings is 1. The molecule has 0 fully saturated rings. The predicted octanol–water partition coefficient (Wildman–Crippen LogP) is 2.96. The molecule has 1 atom stereocenters. The molecule has 6 heteroatoms. The minimum Gasteiger partial charge on any atom is -0.394 e. The first kappa shape index (κ1) is 16.5. The van der Waals surface area contributed by atoms with Crippen molar-refractivity contribution in [1.82, 2.24) is 15.1 Å². The van der Waals surface area contributed by atoms with Gasteiger partial charge in [-0.15, -0.1) is 11.8 Å². The van der Waals surface area contributed by atoms with Gasteiger partial charge < -0.3 is 10.4 Å². The van der Waals surface area contributed by atoms with Gasteiger partial charge in [0.1, 0.15) is 5.82 Å². The summed E-state index contributed by atoms with van der Waals surface area (Å²) >= 11 is 1.79. The van der Waals surface area contributed by atoms with Crippen molar-refractivity contribution in [2.45, 2.75) is 44.3 Å². The molecule has 124 valence electrons. The number of hydrogen-bond donors (Lipinski definition) is 2. The SMILES string of the molecule is Cc1nn(CCO)c(C)c1CN[C@H]1CCSc2ccc(F)cc21. The van der Waals surface area contributed by atoms with Crippen molar-refractivity contribution in [3.05, 3.63) is 46.5 Å². The Kier molecular flexibility index (Phi) is 5.04. The number of hydrogen-bond acceptors (Lipinski definition) is 4. The third-order valence-electron chi connectivity index (χ3n) is 4.38. The molecular weight excluding hydrogens is 313 g/mol. The quantitative estimate of drug-likeness (QED) is 0.882. The van der Waals surface area contributed by atoms with Crippen molar-refractivity contribution in [2.75, 3.05) is 12.4 Å². The van der Waals surface area contributed by atoms with Gasteiger partial charge in [0.15, 0.2) is 0 Å². The van der Waals surface area contributed by atoms with Gasteiger partial charge in [-0.05, 0) is 49.8 Å². The normalized spacial score (nSPS) is 17.3. The molecule has 1 aliphatic heterocycles. The third-order valence-corrected chi connectivity index (χ3v) is 5.50. The van der Waals surface area contributed by atoms with E-state index in [-0.39, 0.29) is 18.5 Å². The second-order valence-electron chi connectivity index (χ2n) is 5.85. The van der Waals surface area contributed by atoms with Gasteiger partial charge in [0, 0.05) is 28.7 Å². The second kappa shape index (κ2) is 7.03. The highest BCUT2D eigenvalue weighted by Crippen LogP contribution is 2.36. The number of aromatic nitrogens is 2. The molecule has 0 unspecified atom stereocenters. The maximum atomic E-state index is 13.6. The third kappa shape index (κ3) is 3.44. The molecule has 0 radical (unpaired) electrons. The molecule has 23 heavy (non-hydrogen) atoms. The highest BCUT2D eigenvalue weighted by Gasteiger charge is 2.22. The average Bonchev–Trinajstić information content (AvgIpc) is 2.80. The summed E-state index contributed by atoms with van der Waals surface area (Å²) in [4.78, 5) is 1.17. The van der Waals surface area contributed by atoms with E-state index < -0.39 is 0 Å². The van der Waals surface area contributed by atoms with E-state index in [0.717, 1.165) is 34.7 Å². The van der Waals surface area contributed by atoms with Crippen LogP contribution in [0.5, 0.6) is 0 Å². The first-order valence-corrected chi connectivity index (χ1v) is 8.88. The molecule has 2 heterocycles. The number of aliphatic hydroxyl groups is 1. The fourth-order valence-corrected chi connectivity index (χ4v) is 4.21. The summed E-state index contributed by atoms with van der Waals surface area (Å²) < 4.78 is 15.4. The molecule has 0 saturated heterocycles. The number of aliphatic hydroxyl groups excluding tert-OH is 1. The molecule has 2 aromatic rings. The van der Waals surface area contributed by atoms with Crippen LogP contribution in [0.3, 0.4) is 0 Å². The summed E-state index contributed by atoms with van der Waals surface area (Å²) in [6.45, 7) is 5.32. The number of thioether (sulfide) groups is 1. The van der Waals surface area contributed by atoms with Crippen LogP contribution in [0.15, 0.2) is 23.1 Å². The van der Waals surface area contributed by atoms with Gasteiger partial charge in [0.25, 0.3) is 0 Å². The van der Waals surface area contributed by atoms with Gasteiger partial charge in [-0.2, -0.15) is 5.10 Å². The van der Waals surface area contributed by atoms with Gasteiger partial charge in [-0.1, -0.05) is 0 Å².